The molecule has 1 aliphatic rings. The van der Waals surface area contributed by atoms with Gasteiger partial charge in [-0.2, -0.15) is 26.3 Å². The van der Waals surface area contributed by atoms with Gasteiger partial charge < -0.3 is 15.1 Å². The van der Waals surface area contributed by atoms with Crippen LogP contribution in [0, 0.1) is 5.41 Å². The Morgan fingerprint density at radius 3 is 1.93 bits per heavy atom. The van der Waals surface area contributed by atoms with Crippen LogP contribution in [0.25, 0.3) is 0 Å². The van der Waals surface area contributed by atoms with Gasteiger partial charge in [0.15, 0.2) is 0 Å². The first-order valence-corrected chi connectivity index (χ1v) is 11.9. The number of aromatic carboxylic acids is 1. The van der Waals surface area contributed by atoms with Crippen LogP contribution in [0.5, 0.6) is 0 Å². The summed E-state index contributed by atoms with van der Waals surface area (Å²) in [6.45, 7) is 6.14. The summed E-state index contributed by atoms with van der Waals surface area (Å²) in [7, 11) is 0. The summed E-state index contributed by atoms with van der Waals surface area (Å²) in [5, 5.41) is 27.3. The largest absolute Gasteiger partial charge is 0.478 e. The lowest BCUT2D eigenvalue weighted by molar-refractivity contribution is -0.141. The standard InChI is InChI=1S/C9H10N2O3.C8H4ClF3O.C7H4F3NO2.C2H6/c1-2-14-11-8-5-6(9(12)13)3-4-7(8)10;9-7(13)5-1-3-6(4-2-5)8(10,11)12;8-7(9,10)5-3-4(6(12)13)1-2-11-5;1-2/h3-5,10H,2H2,1H3,(H,12,13);1-4H;1-3H,(H,12,13);1-2H3/b10-7?,11-8-;;;. The van der Waals surface area contributed by atoms with Gasteiger partial charge in [0.25, 0.3) is 5.24 Å². The van der Waals surface area contributed by atoms with Crippen LogP contribution >= 0.6 is 11.6 Å². The monoisotopic (exact) mass is 623 g/mol. The molecule has 1 heterocycles. The number of aliphatic carboxylic acids is 1. The van der Waals surface area contributed by atoms with Crippen molar-refractivity contribution in [2.24, 2.45) is 5.16 Å². The van der Waals surface area contributed by atoms with E-state index in [-0.39, 0.29) is 22.6 Å². The first-order valence-electron chi connectivity index (χ1n) is 11.5. The Morgan fingerprint density at radius 1 is 0.929 bits per heavy atom. The van der Waals surface area contributed by atoms with Gasteiger partial charge in [-0.25, -0.2) is 9.59 Å². The van der Waals surface area contributed by atoms with Gasteiger partial charge in [0.2, 0.25) is 0 Å². The number of carboxylic acids is 2. The number of carbonyl (C=O) groups excluding carboxylic acids is 1. The van der Waals surface area contributed by atoms with Gasteiger partial charge in [0.05, 0.1) is 22.4 Å². The quantitative estimate of drug-likeness (QED) is 0.142. The van der Waals surface area contributed by atoms with E-state index >= 15 is 0 Å². The highest BCUT2D eigenvalue weighted by molar-refractivity contribution is 6.67. The first kappa shape index (κ1) is 37.5. The number of nitrogens with zero attached hydrogens (tertiary/aromatic N) is 2. The summed E-state index contributed by atoms with van der Waals surface area (Å²) >= 11 is 5.05. The molecule has 0 saturated heterocycles. The molecule has 9 nitrogen and oxygen atoms in total. The molecule has 42 heavy (non-hydrogen) atoms. The lowest BCUT2D eigenvalue weighted by Gasteiger charge is -2.05. The summed E-state index contributed by atoms with van der Waals surface area (Å²) in [5.41, 5.74) is -1.91. The van der Waals surface area contributed by atoms with Crippen molar-refractivity contribution < 1.29 is 55.8 Å². The molecule has 0 fully saturated rings. The highest BCUT2D eigenvalue weighted by atomic mass is 35.5. The van der Waals surface area contributed by atoms with Gasteiger partial charge in [0, 0.05) is 11.8 Å². The number of carbonyl (C=O) groups is 3. The van der Waals surface area contributed by atoms with Crippen molar-refractivity contribution >= 4 is 40.2 Å². The Kier molecular flexibility index (Phi) is 15.5. The van der Waals surface area contributed by atoms with E-state index in [0.717, 1.165) is 36.5 Å². The summed E-state index contributed by atoms with van der Waals surface area (Å²) in [6, 6.07) is 5.20. The topological polar surface area (TPSA) is 150 Å². The second-order valence-electron chi connectivity index (χ2n) is 7.13. The molecular formula is C26H24ClF6N3O6. The molecule has 1 aliphatic carbocycles. The predicted octanol–water partition coefficient (Wildman–Crippen LogP) is 6.89. The molecule has 0 radical (unpaired) electrons. The minimum absolute atomic E-state index is 0.0506. The number of alkyl halides is 6. The molecule has 3 rings (SSSR count). The van der Waals surface area contributed by atoms with Gasteiger partial charge in [-0.3, -0.25) is 15.2 Å². The highest BCUT2D eigenvalue weighted by Gasteiger charge is 2.33. The van der Waals surface area contributed by atoms with Crippen molar-refractivity contribution in [3.63, 3.8) is 0 Å². The van der Waals surface area contributed by atoms with Crippen molar-refractivity contribution in [2.75, 3.05) is 6.61 Å². The van der Waals surface area contributed by atoms with Gasteiger partial charge in [0.1, 0.15) is 18.0 Å². The van der Waals surface area contributed by atoms with E-state index in [9.17, 15) is 40.7 Å². The number of nitrogens with one attached hydrogen (secondary N) is 1. The van der Waals surface area contributed by atoms with E-state index in [1.807, 2.05) is 13.8 Å². The third-order valence-electron chi connectivity index (χ3n) is 4.27. The first-order chi connectivity index (χ1) is 19.5. The molecule has 0 spiro atoms. The second-order valence-corrected chi connectivity index (χ2v) is 7.47. The summed E-state index contributed by atoms with van der Waals surface area (Å²) < 4.78 is 71.9. The number of pyridine rings is 1. The third kappa shape index (κ3) is 13.2. The Bertz CT molecular complexity index is 1340. The molecule has 0 aliphatic heterocycles. The maximum Gasteiger partial charge on any atom is 0.433 e. The highest BCUT2D eigenvalue weighted by Crippen LogP contribution is 2.29. The van der Waals surface area contributed by atoms with Gasteiger partial charge >= 0.3 is 24.3 Å². The van der Waals surface area contributed by atoms with E-state index in [1.165, 1.54) is 18.2 Å². The molecule has 16 heteroatoms. The lowest BCUT2D eigenvalue weighted by Crippen LogP contribution is -2.15. The fourth-order valence-electron chi connectivity index (χ4n) is 2.38. The number of benzene rings is 1. The van der Waals surface area contributed by atoms with Crippen molar-refractivity contribution in [1.29, 1.82) is 5.41 Å². The zero-order valence-corrected chi connectivity index (χ0v) is 22.8. The number of rotatable bonds is 5. The van der Waals surface area contributed by atoms with Crippen molar-refractivity contribution in [1.82, 2.24) is 4.98 Å². The van der Waals surface area contributed by atoms with Crippen LogP contribution in [0.1, 0.15) is 52.7 Å². The Morgan fingerprint density at radius 2 is 1.50 bits per heavy atom. The van der Waals surface area contributed by atoms with Crippen molar-refractivity contribution in [3.8, 4) is 0 Å². The number of allylic oxidation sites excluding steroid dienone is 2. The van der Waals surface area contributed by atoms with Gasteiger partial charge in [-0.05, 0) is 73.2 Å². The van der Waals surface area contributed by atoms with E-state index in [1.54, 1.807) is 6.92 Å². The molecule has 1 aromatic heterocycles. The Labute approximate surface area is 240 Å². The number of aromatic nitrogens is 1. The normalized spacial score (nSPS) is 13.2. The van der Waals surface area contributed by atoms with Crippen LogP contribution in [-0.4, -0.2) is 50.4 Å². The van der Waals surface area contributed by atoms with Crippen molar-refractivity contribution in [3.05, 3.63) is 88.8 Å². The summed E-state index contributed by atoms with van der Waals surface area (Å²) in [4.78, 5) is 39.1. The van der Waals surface area contributed by atoms with Crippen LogP contribution in [0.15, 0.2) is 71.6 Å². The van der Waals surface area contributed by atoms with Crippen LogP contribution < -0.4 is 0 Å². The molecule has 0 bridgehead atoms. The number of carboxylic acid groups (broad SMARTS) is 2. The molecule has 0 atom stereocenters. The van der Waals surface area contributed by atoms with E-state index < -0.39 is 46.4 Å². The van der Waals surface area contributed by atoms with Crippen LogP contribution in [0.3, 0.4) is 0 Å². The molecule has 1 aromatic carbocycles. The predicted molar refractivity (Wildman–Crippen MR) is 141 cm³/mol. The molecule has 228 valence electrons. The van der Waals surface area contributed by atoms with E-state index in [2.05, 4.69) is 10.1 Å². The zero-order valence-electron chi connectivity index (χ0n) is 22.0. The molecule has 0 amide bonds. The van der Waals surface area contributed by atoms with Crippen LogP contribution in [0.2, 0.25) is 0 Å². The summed E-state index contributed by atoms with van der Waals surface area (Å²) in [6.07, 6.45) is -4.14. The average Bonchev–Trinajstić information content (AvgIpc) is 2.93. The number of hydrogen-bond acceptors (Lipinski definition) is 7. The Hall–Kier alpha value is -4.53. The lowest BCUT2D eigenvalue weighted by atomic mass is 10.0. The molecule has 0 unspecified atom stereocenters. The maximum absolute atomic E-state index is 12.0. The fourth-order valence-corrected chi connectivity index (χ4v) is 2.51. The number of halogens is 7. The molecular weight excluding hydrogens is 600 g/mol. The third-order valence-corrected chi connectivity index (χ3v) is 4.49. The fraction of sp³-hybridized carbons (Fsp3) is 0.231. The molecule has 2 aromatic rings. The minimum Gasteiger partial charge on any atom is -0.478 e. The number of hydrogen-bond donors (Lipinski definition) is 3. The number of oxime groups is 1. The second kappa shape index (κ2) is 17.3. The smallest absolute Gasteiger partial charge is 0.433 e. The van der Waals surface area contributed by atoms with E-state index in [4.69, 9.17) is 32.1 Å². The maximum atomic E-state index is 12.0. The Balaban J connectivity index is 0.000000583. The SMILES string of the molecule is CC.CCO/N=C1/C=C(C(=O)O)C=CC1=N.O=C(Cl)c1ccc(C(F)(F)F)cc1.O=C(O)c1ccnc(C(F)(F)F)c1. The van der Waals surface area contributed by atoms with Crippen LogP contribution in [0.4, 0.5) is 26.3 Å². The van der Waals surface area contributed by atoms with Gasteiger partial charge in [-0.1, -0.05) is 19.0 Å². The molecule has 0 saturated carbocycles. The minimum atomic E-state index is -4.61. The average molecular weight is 624 g/mol. The molecule has 3 N–H and O–H groups in total. The van der Waals surface area contributed by atoms with Crippen molar-refractivity contribution in [2.45, 2.75) is 33.1 Å². The summed E-state index contributed by atoms with van der Waals surface area (Å²) in [5.74, 6) is -2.45. The zero-order chi connectivity index (χ0) is 32.7. The van der Waals surface area contributed by atoms with Crippen LogP contribution in [-0.2, 0) is 22.0 Å². The van der Waals surface area contributed by atoms with Gasteiger partial charge in [-0.15, -0.1) is 0 Å². The van der Waals surface area contributed by atoms with E-state index in [0.29, 0.717) is 12.7 Å².